The van der Waals surface area contributed by atoms with Crippen molar-refractivity contribution >= 4 is 27.5 Å². The summed E-state index contributed by atoms with van der Waals surface area (Å²) in [6, 6.07) is 1.70. The number of carbonyl (C=O) groups is 1. The fraction of sp³-hybridized carbons (Fsp3) is 0.385. The number of rotatable bonds is 4. The summed E-state index contributed by atoms with van der Waals surface area (Å²) in [7, 11) is 0. The fourth-order valence-electron chi connectivity index (χ4n) is 1.97. The van der Waals surface area contributed by atoms with Crippen LogP contribution in [-0.2, 0) is 11.3 Å². The third-order valence-corrected chi connectivity index (χ3v) is 3.70. The summed E-state index contributed by atoms with van der Waals surface area (Å²) in [5.74, 6) is -1.06. The lowest BCUT2D eigenvalue weighted by atomic mass is 10.2. The molecule has 0 atom stereocenters. The van der Waals surface area contributed by atoms with Gasteiger partial charge in [-0.25, -0.2) is 4.79 Å². The molecule has 0 radical (unpaired) electrons. The highest BCUT2D eigenvalue weighted by Crippen LogP contribution is 2.30. The van der Waals surface area contributed by atoms with E-state index in [1.54, 1.807) is 18.4 Å². The number of nitrogens with zero attached hydrogens (tertiary/aromatic N) is 1. The highest BCUT2D eigenvalue weighted by atomic mass is 32.1. The predicted octanol–water partition coefficient (Wildman–Crippen LogP) is 2.36. The molecule has 0 unspecified atom stereocenters. The van der Waals surface area contributed by atoms with Crippen LogP contribution in [0.5, 0.6) is 5.75 Å². The molecule has 0 saturated carbocycles. The minimum absolute atomic E-state index is 0.160. The fourth-order valence-corrected chi connectivity index (χ4v) is 2.89. The number of pyridine rings is 1. The van der Waals surface area contributed by atoms with E-state index in [2.05, 4.69) is 0 Å². The first-order valence-corrected chi connectivity index (χ1v) is 6.99. The smallest absolute Gasteiger partial charge is 0.347 e. The van der Waals surface area contributed by atoms with Gasteiger partial charge in [-0.2, -0.15) is 0 Å². The predicted molar refractivity (Wildman–Crippen MR) is 74.0 cm³/mol. The molecule has 0 bridgehead atoms. The first kappa shape index (κ1) is 13.6. The molecule has 0 aliphatic carbocycles. The van der Waals surface area contributed by atoms with Crippen molar-refractivity contribution in [3.8, 4) is 5.75 Å². The Morgan fingerprint density at radius 3 is 2.84 bits per heavy atom. The maximum absolute atomic E-state index is 12.3. The molecular weight excluding hydrogens is 266 g/mol. The van der Waals surface area contributed by atoms with Gasteiger partial charge in [0.1, 0.15) is 10.6 Å². The summed E-state index contributed by atoms with van der Waals surface area (Å²) >= 11 is 1.37. The minimum Gasteiger partial charge on any atom is -0.506 e. The summed E-state index contributed by atoms with van der Waals surface area (Å²) in [4.78, 5) is 24.8. The second kappa shape index (κ2) is 5.44. The van der Waals surface area contributed by atoms with Crippen LogP contribution in [0.4, 0.5) is 0 Å². The Hall–Kier alpha value is -1.82. The SMILES string of the molecule is CCCn1c(=O)c(C(=O)OCC)c(O)c2ccsc21. The zero-order valence-electron chi connectivity index (χ0n) is 10.8. The second-order valence-electron chi connectivity index (χ2n) is 4.04. The molecule has 2 aromatic rings. The van der Waals surface area contributed by atoms with Gasteiger partial charge < -0.3 is 9.84 Å². The number of carbonyl (C=O) groups excluding carboxylic acids is 1. The first-order valence-electron chi connectivity index (χ1n) is 6.11. The molecule has 0 amide bonds. The highest BCUT2D eigenvalue weighted by Gasteiger charge is 2.23. The van der Waals surface area contributed by atoms with Gasteiger partial charge in [-0.1, -0.05) is 6.92 Å². The molecule has 102 valence electrons. The molecule has 6 heteroatoms. The largest absolute Gasteiger partial charge is 0.506 e. The summed E-state index contributed by atoms with van der Waals surface area (Å²) in [5, 5.41) is 12.4. The van der Waals surface area contributed by atoms with Gasteiger partial charge in [0.2, 0.25) is 0 Å². The first-order chi connectivity index (χ1) is 9.11. The second-order valence-corrected chi connectivity index (χ2v) is 4.93. The maximum atomic E-state index is 12.3. The zero-order valence-corrected chi connectivity index (χ0v) is 11.6. The molecule has 0 spiro atoms. The number of fused-ring (bicyclic) bond motifs is 1. The van der Waals surface area contributed by atoms with Crippen LogP contribution in [0.25, 0.3) is 10.2 Å². The monoisotopic (exact) mass is 281 g/mol. The molecule has 2 rings (SSSR count). The summed E-state index contributed by atoms with van der Waals surface area (Å²) < 4.78 is 6.36. The van der Waals surface area contributed by atoms with Gasteiger partial charge in [0.25, 0.3) is 5.56 Å². The van der Waals surface area contributed by atoms with E-state index in [1.165, 1.54) is 15.9 Å². The maximum Gasteiger partial charge on any atom is 0.347 e. The number of aryl methyl sites for hydroxylation is 1. The van der Waals surface area contributed by atoms with Gasteiger partial charge in [-0.3, -0.25) is 9.36 Å². The van der Waals surface area contributed by atoms with E-state index in [-0.39, 0.29) is 17.9 Å². The van der Waals surface area contributed by atoms with Gasteiger partial charge in [-0.15, -0.1) is 11.3 Å². The Labute approximate surface area is 114 Å². The summed E-state index contributed by atoms with van der Waals surface area (Å²) in [6.07, 6.45) is 0.764. The van der Waals surface area contributed by atoms with Crippen LogP contribution >= 0.6 is 11.3 Å². The van der Waals surface area contributed by atoms with E-state index in [0.717, 1.165) is 6.42 Å². The van der Waals surface area contributed by atoms with Crippen molar-refractivity contribution in [1.29, 1.82) is 0 Å². The van der Waals surface area contributed by atoms with Crippen LogP contribution in [0.2, 0.25) is 0 Å². The Kier molecular flexibility index (Phi) is 3.90. The Morgan fingerprint density at radius 1 is 1.47 bits per heavy atom. The molecule has 0 aliphatic rings. The van der Waals surface area contributed by atoms with E-state index < -0.39 is 11.5 Å². The lowest BCUT2D eigenvalue weighted by Gasteiger charge is -2.10. The van der Waals surface area contributed by atoms with E-state index in [9.17, 15) is 14.7 Å². The lowest BCUT2D eigenvalue weighted by molar-refractivity contribution is 0.0520. The normalized spacial score (nSPS) is 10.8. The lowest BCUT2D eigenvalue weighted by Crippen LogP contribution is -2.27. The van der Waals surface area contributed by atoms with Crippen molar-refractivity contribution in [1.82, 2.24) is 4.57 Å². The number of aromatic nitrogens is 1. The van der Waals surface area contributed by atoms with Crippen molar-refractivity contribution in [3.63, 3.8) is 0 Å². The average molecular weight is 281 g/mol. The molecule has 2 aromatic heterocycles. The molecule has 0 aliphatic heterocycles. The molecule has 5 nitrogen and oxygen atoms in total. The van der Waals surface area contributed by atoms with Crippen LogP contribution in [0.15, 0.2) is 16.2 Å². The van der Waals surface area contributed by atoms with Crippen molar-refractivity contribution in [2.24, 2.45) is 0 Å². The molecule has 0 aromatic carbocycles. The van der Waals surface area contributed by atoms with E-state index >= 15 is 0 Å². The Balaban J connectivity index is 2.76. The Bertz CT molecular complexity index is 671. The Morgan fingerprint density at radius 2 is 2.21 bits per heavy atom. The van der Waals surface area contributed by atoms with Crippen LogP contribution in [0, 0.1) is 0 Å². The number of ether oxygens (including phenoxy) is 1. The third kappa shape index (κ3) is 2.23. The average Bonchev–Trinajstić information content (AvgIpc) is 2.84. The zero-order chi connectivity index (χ0) is 14.0. The number of thiophene rings is 1. The van der Waals surface area contributed by atoms with E-state index in [0.29, 0.717) is 16.8 Å². The van der Waals surface area contributed by atoms with E-state index in [4.69, 9.17) is 4.74 Å². The molecule has 1 N–H and O–H groups in total. The van der Waals surface area contributed by atoms with Crippen molar-refractivity contribution in [2.75, 3.05) is 6.61 Å². The standard InChI is InChI=1S/C13H15NO4S/c1-3-6-14-11(16)9(13(17)18-4-2)10(15)8-5-7-19-12(8)14/h5,7,15H,3-4,6H2,1-2H3. The van der Waals surface area contributed by atoms with Gasteiger partial charge in [-0.05, 0) is 24.8 Å². The molecule has 0 fully saturated rings. The van der Waals surface area contributed by atoms with Crippen molar-refractivity contribution in [3.05, 3.63) is 27.4 Å². The quantitative estimate of drug-likeness (QED) is 0.873. The van der Waals surface area contributed by atoms with Crippen molar-refractivity contribution in [2.45, 2.75) is 26.8 Å². The van der Waals surface area contributed by atoms with E-state index in [1.807, 2.05) is 6.92 Å². The van der Waals surface area contributed by atoms with Crippen LogP contribution in [0.3, 0.4) is 0 Å². The number of aromatic hydroxyl groups is 1. The molecule has 19 heavy (non-hydrogen) atoms. The summed E-state index contributed by atoms with van der Waals surface area (Å²) in [6.45, 7) is 4.26. The molecular formula is C13H15NO4S. The van der Waals surface area contributed by atoms with Gasteiger partial charge in [0.05, 0.1) is 12.0 Å². The van der Waals surface area contributed by atoms with Crippen LogP contribution < -0.4 is 5.56 Å². The van der Waals surface area contributed by atoms with Crippen molar-refractivity contribution < 1.29 is 14.6 Å². The van der Waals surface area contributed by atoms with Gasteiger partial charge in [0, 0.05) is 6.54 Å². The number of hydrogen-bond acceptors (Lipinski definition) is 5. The minimum atomic E-state index is -0.775. The summed E-state index contributed by atoms with van der Waals surface area (Å²) in [5.41, 5.74) is -0.769. The number of esters is 1. The number of hydrogen-bond donors (Lipinski definition) is 1. The van der Waals surface area contributed by atoms with Crippen LogP contribution in [0.1, 0.15) is 30.6 Å². The highest BCUT2D eigenvalue weighted by molar-refractivity contribution is 7.16. The van der Waals surface area contributed by atoms with Gasteiger partial charge >= 0.3 is 5.97 Å². The molecule has 0 saturated heterocycles. The van der Waals surface area contributed by atoms with Crippen LogP contribution in [-0.4, -0.2) is 22.2 Å². The topological polar surface area (TPSA) is 68.5 Å². The van der Waals surface area contributed by atoms with Gasteiger partial charge in [0.15, 0.2) is 5.56 Å². The molecule has 2 heterocycles. The third-order valence-electron chi connectivity index (χ3n) is 2.77.